The van der Waals surface area contributed by atoms with E-state index in [1.165, 1.54) is 19.3 Å². The number of nitrogens with zero attached hydrogens (tertiary/aromatic N) is 1. The molecule has 1 atom stereocenters. The van der Waals surface area contributed by atoms with Crippen LogP contribution >= 0.6 is 0 Å². The predicted molar refractivity (Wildman–Crippen MR) is 59.6 cm³/mol. The van der Waals surface area contributed by atoms with Crippen LogP contribution in [0.25, 0.3) is 0 Å². The number of rotatable bonds is 5. The van der Waals surface area contributed by atoms with Crippen LogP contribution in [0.4, 0.5) is 0 Å². The highest BCUT2D eigenvalue weighted by Crippen LogP contribution is 2.07. The maximum atomic E-state index is 5.33. The van der Waals surface area contributed by atoms with Gasteiger partial charge in [-0.2, -0.15) is 0 Å². The highest BCUT2D eigenvalue weighted by atomic mass is 16.5. The van der Waals surface area contributed by atoms with Gasteiger partial charge in [0.2, 0.25) is 0 Å². The Hall–Kier alpha value is -0.120. The molecule has 0 saturated carbocycles. The molecule has 0 aromatic heterocycles. The zero-order valence-corrected chi connectivity index (χ0v) is 9.75. The lowest BCUT2D eigenvalue weighted by Gasteiger charge is -2.27. The first kappa shape index (κ1) is 12.0. The summed E-state index contributed by atoms with van der Waals surface area (Å²) in [6, 6.07) is 1.31. The van der Waals surface area contributed by atoms with Gasteiger partial charge in [0.05, 0.1) is 0 Å². The van der Waals surface area contributed by atoms with Crippen molar-refractivity contribution < 1.29 is 4.74 Å². The summed E-state index contributed by atoms with van der Waals surface area (Å²) in [5, 5.41) is 3.67. The van der Waals surface area contributed by atoms with Gasteiger partial charge in [-0.15, -0.1) is 0 Å². The highest BCUT2D eigenvalue weighted by molar-refractivity contribution is 4.74. The molecule has 14 heavy (non-hydrogen) atoms. The Labute approximate surface area is 87.8 Å². The SMILES string of the molecule is CC(CCN(C)C)NC1CCOCC1. The topological polar surface area (TPSA) is 24.5 Å². The molecule has 1 heterocycles. The van der Waals surface area contributed by atoms with Gasteiger partial charge < -0.3 is 15.0 Å². The molecule has 1 aliphatic rings. The second kappa shape index (κ2) is 6.38. The minimum Gasteiger partial charge on any atom is -0.381 e. The summed E-state index contributed by atoms with van der Waals surface area (Å²) in [6.45, 7) is 5.30. The summed E-state index contributed by atoms with van der Waals surface area (Å²) >= 11 is 0. The second-order valence-corrected chi connectivity index (χ2v) is 4.55. The van der Waals surface area contributed by atoms with E-state index in [0.717, 1.165) is 19.8 Å². The van der Waals surface area contributed by atoms with Crippen LogP contribution in [0.15, 0.2) is 0 Å². The fraction of sp³-hybridized carbons (Fsp3) is 1.00. The molecule has 0 aliphatic carbocycles. The van der Waals surface area contributed by atoms with E-state index in [-0.39, 0.29) is 0 Å². The van der Waals surface area contributed by atoms with Crippen molar-refractivity contribution in [2.24, 2.45) is 0 Å². The van der Waals surface area contributed by atoms with Crippen molar-refractivity contribution in [1.29, 1.82) is 0 Å². The first-order chi connectivity index (χ1) is 6.68. The normalized spacial score (nSPS) is 21.4. The Balaban J connectivity index is 2.09. The maximum Gasteiger partial charge on any atom is 0.0480 e. The monoisotopic (exact) mass is 200 g/mol. The molecule has 3 nitrogen and oxygen atoms in total. The lowest BCUT2D eigenvalue weighted by Crippen LogP contribution is -2.41. The number of hydrogen-bond acceptors (Lipinski definition) is 3. The van der Waals surface area contributed by atoms with Crippen molar-refractivity contribution in [2.75, 3.05) is 33.9 Å². The number of ether oxygens (including phenoxy) is 1. The Morgan fingerprint density at radius 3 is 2.57 bits per heavy atom. The summed E-state index contributed by atoms with van der Waals surface area (Å²) in [5.74, 6) is 0. The van der Waals surface area contributed by atoms with Crippen molar-refractivity contribution in [3.05, 3.63) is 0 Å². The van der Waals surface area contributed by atoms with E-state index in [9.17, 15) is 0 Å². The molecule has 1 unspecified atom stereocenters. The molecular formula is C11H24N2O. The third-order valence-corrected chi connectivity index (χ3v) is 2.75. The van der Waals surface area contributed by atoms with Gasteiger partial charge in [-0.05, 0) is 46.8 Å². The molecule has 1 N–H and O–H groups in total. The largest absolute Gasteiger partial charge is 0.381 e. The molecule has 0 amide bonds. The van der Waals surface area contributed by atoms with Gasteiger partial charge in [0.1, 0.15) is 0 Å². The van der Waals surface area contributed by atoms with Crippen LogP contribution in [0.5, 0.6) is 0 Å². The Kier molecular flexibility index (Phi) is 5.45. The van der Waals surface area contributed by atoms with Crippen molar-refractivity contribution in [1.82, 2.24) is 10.2 Å². The highest BCUT2D eigenvalue weighted by Gasteiger charge is 2.15. The molecule has 0 aromatic rings. The van der Waals surface area contributed by atoms with Crippen molar-refractivity contribution >= 4 is 0 Å². The molecule has 1 saturated heterocycles. The average molecular weight is 200 g/mol. The lowest BCUT2D eigenvalue weighted by atomic mass is 10.1. The van der Waals surface area contributed by atoms with Gasteiger partial charge in [0.15, 0.2) is 0 Å². The first-order valence-corrected chi connectivity index (χ1v) is 5.67. The summed E-state index contributed by atoms with van der Waals surface area (Å²) in [5.41, 5.74) is 0. The van der Waals surface area contributed by atoms with E-state index in [1.54, 1.807) is 0 Å². The van der Waals surface area contributed by atoms with Crippen LogP contribution < -0.4 is 5.32 Å². The summed E-state index contributed by atoms with van der Waals surface area (Å²) in [7, 11) is 4.25. The summed E-state index contributed by atoms with van der Waals surface area (Å²) in [6.07, 6.45) is 3.57. The van der Waals surface area contributed by atoms with E-state index in [4.69, 9.17) is 4.74 Å². The fourth-order valence-corrected chi connectivity index (χ4v) is 1.80. The van der Waals surface area contributed by atoms with Gasteiger partial charge in [0.25, 0.3) is 0 Å². The zero-order chi connectivity index (χ0) is 10.4. The van der Waals surface area contributed by atoms with Crippen LogP contribution in [0.2, 0.25) is 0 Å². The van der Waals surface area contributed by atoms with Gasteiger partial charge in [-0.3, -0.25) is 0 Å². The number of nitrogens with one attached hydrogen (secondary N) is 1. The average Bonchev–Trinajstić information content (AvgIpc) is 2.16. The summed E-state index contributed by atoms with van der Waals surface area (Å²) in [4.78, 5) is 2.24. The number of hydrogen-bond donors (Lipinski definition) is 1. The molecule has 0 spiro atoms. The van der Waals surface area contributed by atoms with Crippen LogP contribution in [-0.4, -0.2) is 50.8 Å². The maximum absolute atomic E-state index is 5.33. The van der Waals surface area contributed by atoms with Crippen LogP contribution in [0, 0.1) is 0 Å². The van der Waals surface area contributed by atoms with E-state index in [1.807, 2.05) is 0 Å². The molecule has 0 radical (unpaired) electrons. The molecular weight excluding hydrogens is 176 g/mol. The Morgan fingerprint density at radius 2 is 2.00 bits per heavy atom. The first-order valence-electron chi connectivity index (χ1n) is 5.67. The fourth-order valence-electron chi connectivity index (χ4n) is 1.80. The van der Waals surface area contributed by atoms with E-state index >= 15 is 0 Å². The van der Waals surface area contributed by atoms with Gasteiger partial charge in [0, 0.05) is 25.3 Å². The van der Waals surface area contributed by atoms with Gasteiger partial charge in [-0.1, -0.05) is 0 Å². The van der Waals surface area contributed by atoms with Crippen molar-refractivity contribution in [2.45, 2.75) is 38.3 Å². The van der Waals surface area contributed by atoms with Crippen molar-refractivity contribution in [3.8, 4) is 0 Å². The van der Waals surface area contributed by atoms with E-state index in [2.05, 4.69) is 31.2 Å². The molecule has 0 aromatic carbocycles. The zero-order valence-electron chi connectivity index (χ0n) is 9.75. The Bertz CT molecular complexity index is 144. The van der Waals surface area contributed by atoms with Crippen molar-refractivity contribution in [3.63, 3.8) is 0 Å². The molecule has 1 fully saturated rings. The second-order valence-electron chi connectivity index (χ2n) is 4.55. The van der Waals surface area contributed by atoms with Crippen LogP contribution in [-0.2, 0) is 4.74 Å². The Morgan fingerprint density at radius 1 is 1.36 bits per heavy atom. The van der Waals surface area contributed by atoms with E-state index < -0.39 is 0 Å². The smallest absolute Gasteiger partial charge is 0.0480 e. The minimum atomic E-state index is 0.625. The van der Waals surface area contributed by atoms with E-state index in [0.29, 0.717) is 12.1 Å². The predicted octanol–water partition coefficient (Wildman–Crippen LogP) is 1.10. The van der Waals surface area contributed by atoms with Gasteiger partial charge in [-0.25, -0.2) is 0 Å². The molecule has 1 aliphatic heterocycles. The molecule has 1 rings (SSSR count). The third kappa shape index (κ3) is 4.94. The van der Waals surface area contributed by atoms with Crippen LogP contribution in [0.3, 0.4) is 0 Å². The summed E-state index contributed by atoms with van der Waals surface area (Å²) < 4.78 is 5.33. The third-order valence-electron chi connectivity index (χ3n) is 2.75. The molecule has 3 heteroatoms. The lowest BCUT2D eigenvalue weighted by molar-refractivity contribution is 0.0749. The molecule has 84 valence electrons. The molecule has 0 bridgehead atoms. The quantitative estimate of drug-likeness (QED) is 0.719. The standard InChI is InChI=1S/C11H24N2O/c1-10(4-7-13(2)3)12-11-5-8-14-9-6-11/h10-12H,4-9H2,1-3H3. The van der Waals surface area contributed by atoms with Gasteiger partial charge >= 0.3 is 0 Å². The van der Waals surface area contributed by atoms with Crippen LogP contribution in [0.1, 0.15) is 26.2 Å². The minimum absolute atomic E-state index is 0.625.